The summed E-state index contributed by atoms with van der Waals surface area (Å²) in [5.41, 5.74) is 8.77. The van der Waals surface area contributed by atoms with Gasteiger partial charge in [-0.25, -0.2) is 0 Å². The van der Waals surface area contributed by atoms with Crippen molar-refractivity contribution in [3.05, 3.63) is 65.2 Å². The zero-order valence-electron chi connectivity index (χ0n) is 13.3. The molecule has 1 atom stereocenters. The van der Waals surface area contributed by atoms with E-state index in [0.29, 0.717) is 0 Å². The lowest BCUT2D eigenvalue weighted by Crippen LogP contribution is -2.50. The maximum atomic E-state index is 6.33. The summed E-state index contributed by atoms with van der Waals surface area (Å²) >= 11 is 5.92. The van der Waals surface area contributed by atoms with Gasteiger partial charge in [-0.1, -0.05) is 41.9 Å². The number of anilines is 1. The van der Waals surface area contributed by atoms with Crippen LogP contribution in [-0.4, -0.2) is 43.7 Å². The number of rotatable bonds is 5. The first-order valence-corrected chi connectivity index (χ1v) is 8.52. The van der Waals surface area contributed by atoms with Crippen LogP contribution in [0.25, 0.3) is 0 Å². The summed E-state index contributed by atoms with van der Waals surface area (Å²) in [6.07, 6.45) is 0.893. The van der Waals surface area contributed by atoms with Gasteiger partial charge in [0.1, 0.15) is 0 Å². The minimum absolute atomic E-state index is 0.158. The Morgan fingerprint density at radius 2 is 1.78 bits per heavy atom. The lowest BCUT2D eigenvalue weighted by Gasteiger charge is -2.37. The van der Waals surface area contributed by atoms with Crippen LogP contribution in [0, 0.1) is 6.07 Å². The second-order valence-electron chi connectivity index (χ2n) is 6.13. The first kappa shape index (κ1) is 16.3. The second-order valence-corrected chi connectivity index (χ2v) is 6.56. The monoisotopic (exact) mass is 328 g/mol. The van der Waals surface area contributed by atoms with Gasteiger partial charge in [-0.3, -0.25) is 4.90 Å². The molecule has 23 heavy (non-hydrogen) atoms. The van der Waals surface area contributed by atoms with E-state index in [2.05, 4.69) is 40.1 Å². The molecule has 2 N–H and O–H groups in total. The van der Waals surface area contributed by atoms with E-state index in [1.807, 2.05) is 24.3 Å². The van der Waals surface area contributed by atoms with Crippen molar-refractivity contribution >= 4 is 17.3 Å². The van der Waals surface area contributed by atoms with Crippen molar-refractivity contribution in [2.24, 2.45) is 5.73 Å². The Kier molecular flexibility index (Phi) is 5.55. The zero-order chi connectivity index (χ0) is 16.1. The first-order valence-electron chi connectivity index (χ1n) is 8.15. The SMILES string of the molecule is N[C@H](Cc1ccc(Cl)cc1)CN1CCN(c2[c]cccc2)CC1. The van der Waals surface area contributed by atoms with Crippen LogP contribution in [0.3, 0.4) is 0 Å². The number of hydrogen-bond donors (Lipinski definition) is 1. The molecule has 1 heterocycles. The molecule has 2 aromatic carbocycles. The third-order valence-corrected chi connectivity index (χ3v) is 4.56. The predicted octanol–water partition coefficient (Wildman–Crippen LogP) is 2.83. The molecule has 0 amide bonds. The van der Waals surface area contributed by atoms with Crippen LogP contribution in [0.15, 0.2) is 48.5 Å². The van der Waals surface area contributed by atoms with Gasteiger partial charge < -0.3 is 10.6 Å². The molecule has 1 radical (unpaired) electrons. The molecule has 0 spiro atoms. The van der Waals surface area contributed by atoms with Crippen LogP contribution < -0.4 is 10.6 Å². The number of piperazine rings is 1. The summed E-state index contributed by atoms with van der Waals surface area (Å²) in [4.78, 5) is 4.85. The van der Waals surface area contributed by atoms with Crippen LogP contribution in [0.2, 0.25) is 5.02 Å². The molecule has 0 aromatic heterocycles. The van der Waals surface area contributed by atoms with E-state index in [4.69, 9.17) is 17.3 Å². The van der Waals surface area contributed by atoms with Gasteiger partial charge in [-0.05, 0) is 30.2 Å². The molecule has 0 saturated carbocycles. The summed E-state index contributed by atoms with van der Waals surface area (Å²) in [6.45, 7) is 5.12. The van der Waals surface area contributed by atoms with Gasteiger partial charge in [-0.2, -0.15) is 0 Å². The molecule has 1 fully saturated rings. The summed E-state index contributed by atoms with van der Waals surface area (Å²) in [5, 5.41) is 0.774. The Morgan fingerprint density at radius 1 is 1.04 bits per heavy atom. The Balaban J connectivity index is 1.46. The molecule has 0 bridgehead atoms. The quantitative estimate of drug-likeness (QED) is 0.916. The van der Waals surface area contributed by atoms with Gasteiger partial charge in [-0.15, -0.1) is 0 Å². The molecule has 0 unspecified atom stereocenters. The first-order chi connectivity index (χ1) is 11.2. The van der Waals surface area contributed by atoms with Gasteiger partial charge in [0.25, 0.3) is 0 Å². The minimum atomic E-state index is 0.158. The topological polar surface area (TPSA) is 32.5 Å². The van der Waals surface area contributed by atoms with Gasteiger partial charge in [0, 0.05) is 55.5 Å². The van der Waals surface area contributed by atoms with Crippen molar-refractivity contribution < 1.29 is 0 Å². The highest BCUT2D eigenvalue weighted by molar-refractivity contribution is 6.30. The van der Waals surface area contributed by atoms with Crippen molar-refractivity contribution in [1.82, 2.24) is 4.90 Å². The normalized spacial score (nSPS) is 17.2. The summed E-state index contributed by atoms with van der Waals surface area (Å²) in [6, 6.07) is 19.6. The van der Waals surface area contributed by atoms with Gasteiger partial charge in [0.15, 0.2) is 0 Å². The molecule has 4 heteroatoms. The maximum Gasteiger partial charge on any atom is 0.0447 e. The summed E-state index contributed by atoms with van der Waals surface area (Å²) in [5.74, 6) is 0. The van der Waals surface area contributed by atoms with E-state index < -0.39 is 0 Å². The number of benzene rings is 2. The number of para-hydroxylation sites is 1. The van der Waals surface area contributed by atoms with E-state index in [-0.39, 0.29) is 6.04 Å². The zero-order valence-corrected chi connectivity index (χ0v) is 14.0. The standard InChI is InChI=1S/C19H23ClN3/c20-17-8-6-16(7-9-17)14-18(21)15-22-10-12-23(13-11-22)19-4-2-1-3-5-19/h1-4,6-9,18H,10-15,21H2/t18-/m1/s1. The van der Waals surface area contributed by atoms with Gasteiger partial charge >= 0.3 is 0 Å². The molecular weight excluding hydrogens is 306 g/mol. The molecule has 0 aliphatic carbocycles. The smallest absolute Gasteiger partial charge is 0.0447 e. The fraction of sp³-hybridized carbons (Fsp3) is 0.368. The molecule has 3 nitrogen and oxygen atoms in total. The molecule has 2 aromatic rings. The van der Waals surface area contributed by atoms with Crippen LogP contribution in [0.4, 0.5) is 5.69 Å². The fourth-order valence-corrected chi connectivity index (χ4v) is 3.20. The van der Waals surface area contributed by atoms with Gasteiger partial charge in [0.2, 0.25) is 0 Å². The number of halogens is 1. The van der Waals surface area contributed by atoms with Crippen LogP contribution in [0.5, 0.6) is 0 Å². The lowest BCUT2D eigenvalue weighted by molar-refractivity contribution is 0.242. The van der Waals surface area contributed by atoms with E-state index >= 15 is 0 Å². The van der Waals surface area contributed by atoms with E-state index in [9.17, 15) is 0 Å². The number of hydrogen-bond acceptors (Lipinski definition) is 3. The van der Waals surface area contributed by atoms with Crippen molar-refractivity contribution in [3.63, 3.8) is 0 Å². The largest absolute Gasteiger partial charge is 0.368 e. The Morgan fingerprint density at radius 3 is 2.43 bits per heavy atom. The lowest BCUT2D eigenvalue weighted by atomic mass is 10.1. The summed E-state index contributed by atoms with van der Waals surface area (Å²) in [7, 11) is 0. The Bertz CT molecular complexity index is 592. The highest BCUT2D eigenvalue weighted by Gasteiger charge is 2.19. The van der Waals surface area contributed by atoms with Crippen LogP contribution >= 0.6 is 11.6 Å². The highest BCUT2D eigenvalue weighted by Crippen LogP contribution is 2.15. The number of nitrogens with zero attached hydrogens (tertiary/aromatic N) is 2. The molecule has 121 valence electrons. The summed E-state index contributed by atoms with van der Waals surface area (Å²) < 4.78 is 0. The average Bonchev–Trinajstić information content (AvgIpc) is 2.58. The Labute approximate surface area is 143 Å². The second kappa shape index (κ2) is 7.82. The molecule has 3 rings (SSSR count). The van der Waals surface area contributed by atoms with Crippen LogP contribution in [-0.2, 0) is 6.42 Å². The number of nitrogens with two attached hydrogens (primary N) is 1. The van der Waals surface area contributed by atoms with Gasteiger partial charge in [0.05, 0.1) is 0 Å². The molecule has 1 saturated heterocycles. The Hall–Kier alpha value is -1.55. The van der Waals surface area contributed by atoms with E-state index in [1.165, 1.54) is 11.3 Å². The van der Waals surface area contributed by atoms with Crippen molar-refractivity contribution in [2.75, 3.05) is 37.6 Å². The third kappa shape index (κ3) is 4.71. The van der Waals surface area contributed by atoms with Crippen molar-refractivity contribution in [1.29, 1.82) is 0 Å². The molecule has 1 aliphatic rings. The van der Waals surface area contributed by atoms with Crippen molar-refractivity contribution in [2.45, 2.75) is 12.5 Å². The predicted molar refractivity (Wildman–Crippen MR) is 97.1 cm³/mol. The van der Waals surface area contributed by atoms with Crippen molar-refractivity contribution in [3.8, 4) is 0 Å². The fourth-order valence-electron chi connectivity index (χ4n) is 3.07. The average molecular weight is 329 g/mol. The third-order valence-electron chi connectivity index (χ3n) is 4.31. The minimum Gasteiger partial charge on any atom is -0.368 e. The molecular formula is C19H23ClN3. The van der Waals surface area contributed by atoms with E-state index in [0.717, 1.165) is 44.2 Å². The molecule has 1 aliphatic heterocycles. The van der Waals surface area contributed by atoms with Crippen LogP contribution in [0.1, 0.15) is 5.56 Å². The van der Waals surface area contributed by atoms with E-state index in [1.54, 1.807) is 0 Å². The highest BCUT2D eigenvalue weighted by atomic mass is 35.5. The maximum absolute atomic E-state index is 6.33.